The maximum Gasteiger partial charge on any atom is 0.145 e. The Morgan fingerprint density at radius 3 is 2.79 bits per heavy atom. The van der Waals surface area contributed by atoms with E-state index in [-0.39, 0.29) is 0 Å². The molecule has 14 heavy (non-hydrogen) atoms. The van der Waals surface area contributed by atoms with Crippen LogP contribution in [0.5, 0.6) is 0 Å². The van der Waals surface area contributed by atoms with Crippen LogP contribution in [-0.4, -0.2) is 27.9 Å². The van der Waals surface area contributed by atoms with Crippen LogP contribution in [0.15, 0.2) is 12.5 Å². The highest BCUT2D eigenvalue weighted by molar-refractivity contribution is 14.1. The molecule has 0 aliphatic rings. The average molecular weight is 370 g/mol. The lowest BCUT2D eigenvalue weighted by molar-refractivity contribution is 0.694. The van der Waals surface area contributed by atoms with E-state index in [9.17, 15) is 0 Å². The largest absolute Gasteiger partial charge is 0.352 e. The van der Waals surface area contributed by atoms with Crippen molar-refractivity contribution in [3.8, 4) is 0 Å². The fourth-order valence-corrected chi connectivity index (χ4v) is 2.21. The van der Waals surface area contributed by atoms with E-state index in [1.807, 2.05) is 6.20 Å². The Morgan fingerprint density at radius 2 is 2.29 bits per heavy atom. The van der Waals surface area contributed by atoms with Crippen LogP contribution in [-0.2, 0) is 0 Å². The van der Waals surface area contributed by atoms with Crippen molar-refractivity contribution in [1.29, 1.82) is 0 Å². The number of aromatic nitrogens is 2. The molecule has 1 aromatic heterocycles. The van der Waals surface area contributed by atoms with E-state index in [0.29, 0.717) is 6.04 Å². The van der Waals surface area contributed by atoms with Gasteiger partial charge in [0, 0.05) is 24.1 Å². The van der Waals surface area contributed by atoms with Crippen LogP contribution in [0.25, 0.3) is 0 Å². The van der Waals surface area contributed by atoms with E-state index in [4.69, 9.17) is 0 Å². The van der Waals surface area contributed by atoms with Crippen molar-refractivity contribution in [3.05, 3.63) is 16.1 Å². The summed E-state index contributed by atoms with van der Waals surface area (Å²) in [6.45, 7) is 5.30. The van der Waals surface area contributed by atoms with Gasteiger partial charge >= 0.3 is 0 Å². The predicted octanol–water partition coefficient (Wildman–Crippen LogP) is 2.69. The smallest absolute Gasteiger partial charge is 0.145 e. The molecule has 0 aromatic carbocycles. The van der Waals surface area contributed by atoms with Crippen molar-refractivity contribution in [3.63, 3.8) is 0 Å². The van der Waals surface area contributed by atoms with Crippen LogP contribution in [0.4, 0.5) is 5.82 Å². The van der Waals surface area contributed by atoms with Gasteiger partial charge < -0.3 is 4.90 Å². The number of alkyl halides is 1. The average Bonchev–Trinajstić information content (AvgIpc) is 2.15. The second kappa shape index (κ2) is 5.85. The molecule has 0 saturated heterocycles. The summed E-state index contributed by atoms with van der Waals surface area (Å²) in [5.74, 6) is 1.02. The number of hydrogen-bond acceptors (Lipinski definition) is 3. The van der Waals surface area contributed by atoms with Gasteiger partial charge in [0.05, 0.1) is 3.57 Å². The Bertz CT molecular complexity index is 293. The lowest BCUT2D eigenvalue weighted by Crippen LogP contribution is -2.33. The Kier molecular flexibility index (Phi) is 5.08. The molecule has 0 aliphatic carbocycles. The first-order chi connectivity index (χ1) is 6.66. The van der Waals surface area contributed by atoms with Crippen LogP contribution in [0.2, 0.25) is 0 Å². The Hall–Kier alpha value is 0.0900. The third-order valence-electron chi connectivity index (χ3n) is 1.87. The van der Waals surface area contributed by atoms with E-state index in [1.54, 1.807) is 6.33 Å². The molecule has 0 unspecified atom stereocenters. The summed E-state index contributed by atoms with van der Waals surface area (Å²) < 4.78 is 1.10. The van der Waals surface area contributed by atoms with E-state index < -0.39 is 0 Å². The lowest BCUT2D eigenvalue weighted by atomic mass is 10.3. The topological polar surface area (TPSA) is 29.0 Å². The number of halogens is 2. The molecule has 1 rings (SSSR count). The quantitative estimate of drug-likeness (QED) is 0.603. The molecule has 0 aliphatic heterocycles. The van der Waals surface area contributed by atoms with Gasteiger partial charge in [-0.1, -0.05) is 15.9 Å². The zero-order valence-electron chi connectivity index (χ0n) is 8.24. The minimum Gasteiger partial charge on any atom is -0.352 e. The molecular formula is C9H13BrIN3. The zero-order chi connectivity index (χ0) is 10.6. The van der Waals surface area contributed by atoms with Crippen molar-refractivity contribution < 1.29 is 0 Å². The van der Waals surface area contributed by atoms with Gasteiger partial charge in [0.2, 0.25) is 0 Å². The summed E-state index contributed by atoms with van der Waals surface area (Å²) in [4.78, 5) is 10.6. The first kappa shape index (κ1) is 12.2. The van der Waals surface area contributed by atoms with Crippen molar-refractivity contribution in [2.75, 3.05) is 16.8 Å². The fourth-order valence-electron chi connectivity index (χ4n) is 1.22. The molecule has 0 fully saturated rings. The van der Waals surface area contributed by atoms with Gasteiger partial charge in [-0.05, 0) is 36.4 Å². The van der Waals surface area contributed by atoms with Gasteiger partial charge in [0.15, 0.2) is 0 Å². The molecule has 78 valence electrons. The molecule has 0 N–H and O–H groups in total. The number of anilines is 1. The molecule has 5 heteroatoms. The molecule has 0 bridgehead atoms. The van der Waals surface area contributed by atoms with Gasteiger partial charge in [0.1, 0.15) is 12.1 Å². The molecule has 1 heterocycles. The first-order valence-corrected chi connectivity index (χ1v) is 6.65. The fraction of sp³-hybridized carbons (Fsp3) is 0.556. The van der Waals surface area contributed by atoms with Crippen molar-refractivity contribution in [1.82, 2.24) is 9.97 Å². The summed E-state index contributed by atoms with van der Waals surface area (Å²) in [6, 6.07) is 0.455. The Morgan fingerprint density at radius 1 is 1.57 bits per heavy atom. The Labute approximate surface area is 107 Å². The monoisotopic (exact) mass is 369 g/mol. The van der Waals surface area contributed by atoms with Crippen LogP contribution < -0.4 is 4.90 Å². The molecule has 3 nitrogen and oxygen atoms in total. The highest BCUT2D eigenvalue weighted by Gasteiger charge is 2.13. The van der Waals surface area contributed by atoms with E-state index >= 15 is 0 Å². The molecule has 0 atom stereocenters. The van der Waals surface area contributed by atoms with E-state index in [1.165, 1.54) is 0 Å². The maximum absolute atomic E-state index is 4.30. The summed E-state index contributed by atoms with van der Waals surface area (Å²) in [7, 11) is 0. The number of rotatable bonds is 4. The maximum atomic E-state index is 4.30. The van der Waals surface area contributed by atoms with Gasteiger partial charge in [-0.15, -0.1) is 0 Å². The van der Waals surface area contributed by atoms with Crippen LogP contribution in [0.3, 0.4) is 0 Å². The van der Waals surface area contributed by atoms with Crippen LogP contribution in [0, 0.1) is 3.57 Å². The van der Waals surface area contributed by atoms with Gasteiger partial charge in [-0.2, -0.15) is 0 Å². The second-order valence-corrected chi connectivity index (χ2v) is 5.13. The second-order valence-electron chi connectivity index (χ2n) is 3.17. The summed E-state index contributed by atoms with van der Waals surface area (Å²) in [5, 5.41) is 0.950. The molecule has 0 saturated carbocycles. The first-order valence-electron chi connectivity index (χ1n) is 4.45. The van der Waals surface area contributed by atoms with Crippen molar-refractivity contribution >= 4 is 44.3 Å². The predicted molar refractivity (Wildman–Crippen MR) is 71.0 cm³/mol. The number of nitrogens with zero attached hydrogens (tertiary/aromatic N) is 3. The molecule has 0 radical (unpaired) electrons. The minimum absolute atomic E-state index is 0.455. The molecular weight excluding hydrogens is 357 g/mol. The molecule has 1 aromatic rings. The third kappa shape index (κ3) is 3.05. The third-order valence-corrected chi connectivity index (χ3v) is 2.98. The van der Waals surface area contributed by atoms with Crippen LogP contribution in [0.1, 0.15) is 13.8 Å². The summed E-state index contributed by atoms with van der Waals surface area (Å²) >= 11 is 5.72. The van der Waals surface area contributed by atoms with Gasteiger partial charge in [0.25, 0.3) is 0 Å². The standard InChI is InChI=1S/C9H13BrIN3/c1-7(2)14(4-3-10)9-8(11)5-12-6-13-9/h5-7H,3-4H2,1-2H3. The zero-order valence-corrected chi connectivity index (χ0v) is 12.0. The minimum atomic E-state index is 0.455. The van der Waals surface area contributed by atoms with Gasteiger partial charge in [-0.25, -0.2) is 9.97 Å². The summed E-state index contributed by atoms with van der Waals surface area (Å²) in [6.07, 6.45) is 3.44. The van der Waals surface area contributed by atoms with E-state index in [2.05, 4.69) is 67.2 Å². The Balaban J connectivity index is 2.93. The van der Waals surface area contributed by atoms with Crippen molar-refractivity contribution in [2.24, 2.45) is 0 Å². The molecule has 0 spiro atoms. The van der Waals surface area contributed by atoms with Crippen LogP contribution >= 0.6 is 38.5 Å². The van der Waals surface area contributed by atoms with E-state index in [0.717, 1.165) is 21.3 Å². The number of hydrogen-bond donors (Lipinski definition) is 0. The van der Waals surface area contributed by atoms with Crippen molar-refractivity contribution in [2.45, 2.75) is 19.9 Å². The molecule has 0 amide bonds. The SMILES string of the molecule is CC(C)N(CCBr)c1ncncc1I. The highest BCUT2D eigenvalue weighted by atomic mass is 127. The lowest BCUT2D eigenvalue weighted by Gasteiger charge is -2.27. The summed E-state index contributed by atoms with van der Waals surface area (Å²) in [5.41, 5.74) is 0. The van der Waals surface area contributed by atoms with Gasteiger partial charge in [-0.3, -0.25) is 0 Å². The highest BCUT2D eigenvalue weighted by Crippen LogP contribution is 2.20. The normalized spacial score (nSPS) is 10.6.